The molecule has 1 atom stereocenters. The monoisotopic (exact) mass is 605 g/mol. The van der Waals surface area contributed by atoms with E-state index in [4.69, 9.17) is 9.47 Å². The van der Waals surface area contributed by atoms with Gasteiger partial charge >= 0.3 is 24.6 Å². The minimum absolute atomic E-state index is 0.0224. The zero-order valence-corrected chi connectivity index (χ0v) is 22.3. The fourth-order valence-corrected chi connectivity index (χ4v) is 4.71. The van der Waals surface area contributed by atoms with E-state index in [1.807, 2.05) is 13.8 Å². The first-order chi connectivity index (χ1) is 19.4. The molecular formula is C29H24F9NO3. The van der Waals surface area contributed by atoms with Gasteiger partial charge in [-0.1, -0.05) is 26.0 Å². The molecule has 0 radical (unpaired) electrons. The number of rotatable bonds is 6. The molecule has 1 amide bonds. The van der Waals surface area contributed by atoms with E-state index in [1.54, 1.807) is 18.2 Å². The quantitative estimate of drug-likeness (QED) is 0.263. The Kier molecular flexibility index (Phi) is 8.18. The van der Waals surface area contributed by atoms with E-state index in [1.165, 1.54) is 13.2 Å². The molecule has 3 aromatic rings. The summed E-state index contributed by atoms with van der Waals surface area (Å²) in [5, 5.41) is 0. The Morgan fingerprint density at radius 3 is 1.93 bits per heavy atom. The number of hydrogen-bond acceptors (Lipinski definition) is 3. The second kappa shape index (κ2) is 11.1. The third-order valence-corrected chi connectivity index (χ3v) is 6.92. The number of carbonyl (C=O) groups excluding carboxylic acids is 1. The van der Waals surface area contributed by atoms with Gasteiger partial charge in [0.15, 0.2) is 0 Å². The number of cyclic esters (lactones) is 1. The Labute approximate surface area is 234 Å². The predicted octanol–water partition coefficient (Wildman–Crippen LogP) is 9.24. The van der Waals surface area contributed by atoms with Gasteiger partial charge < -0.3 is 9.47 Å². The van der Waals surface area contributed by atoms with E-state index in [2.05, 4.69) is 0 Å². The maximum atomic E-state index is 13.7. The predicted molar refractivity (Wildman–Crippen MR) is 134 cm³/mol. The molecule has 0 unspecified atom stereocenters. The van der Waals surface area contributed by atoms with Crippen LogP contribution in [0.3, 0.4) is 0 Å². The average Bonchev–Trinajstić information content (AvgIpc) is 3.26. The Balaban J connectivity index is 1.87. The molecule has 1 heterocycles. The van der Waals surface area contributed by atoms with Gasteiger partial charge in [-0.05, 0) is 70.6 Å². The first kappa shape index (κ1) is 31.0. The summed E-state index contributed by atoms with van der Waals surface area (Å²) in [6.45, 7) is 2.57. The highest BCUT2D eigenvalue weighted by atomic mass is 19.4. The number of halogens is 9. The minimum Gasteiger partial charge on any atom is -0.496 e. The highest BCUT2D eigenvalue weighted by Gasteiger charge is 2.41. The van der Waals surface area contributed by atoms with Crippen LogP contribution in [0.25, 0.3) is 11.1 Å². The van der Waals surface area contributed by atoms with Crippen molar-refractivity contribution in [3.63, 3.8) is 0 Å². The van der Waals surface area contributed by atoms with Gasteiger partial charge in [0.1, 0.15) is 12.4 Å². The molecule has 0 aliphatic carbocycles. The average molecular weight is 605 g/mol. The number of methoxy groups -OCH3 is 1. The van der Waals surface area contributed by atoms with Crippen molar-refractivity contribution in [2.75, 3.05) is 13.7 Å². The number of amides is 1. The van der Waals surface area contributed by atoms with Crippen molar-refractivity contribution in [2.45, 2.75) is 50.9 Å². The molecule has 0 N–H and O–H groups in total. The lowest BCUT2D eigenvalue weighted by atomic mass is 9.92. The van der Waals surface area contributed by atoms with E-state index in [9.17, 15) is 44.3 Å². The van der Waals surface area contributed by atoms with Crippen molar-refractivity contribution in [1.29, 1.82) is 0 Å². The van der Waals surface area contributed by atoms with Crippen LogP contribution in [0.4, 0.5) is 44.3 Å². The summed E-state index contributed by atoms with van der Waals surface area (Å²) in [5.74, 6) is 0.322. The van der Waals surface area contributed by atoms with Crippen molar-refractivity contribution in [1.82, 2.24) is 4.90 Å². The molecule has 226 valence electrons. The lowest BCUT2D eigenvalue weighted by molar-refractivity contribution is -0.143. The number of nitrogens with zero attached hydrogens (tertiary/aromatic N) is 1. The second-order valence-electron chi connectivity index (χ2n) is 10.0. The minimum atomic E-state index is -5.14. The van der Waals surface area contributed by atoms with Crippen LogP contribution in [0.1, 0.15) is 59.2 Å². The SMILES string of the molecule is COc1ccc(C(C)C)cc1-c1ccc(C(F)(F)F)cc1CN1C(=O)OC[C@H]1c1cc(C(F)(F)F)cc(C(F)(F)F)c1. The first-order valence-corrected chi connectivity index (χ1v) is 12.5. The van der Waals surface area contributed by atoms with Crippen molar-refractivity contribution in [3.8, 4) is 16.9 Å². The molecule has 0 spiro atoms. The maximum absolute atomic E-state index is 13.7. The van der Waals surface area contributed by atoms with Gasteiger partial charge in [0.25, 0.3) is 0 Å². The zero-order chi connectivity index (χ0) is 31.2. The van der Waals surface area contributed by atoms with Gasteiger partial charge in [-0.25, -0.2) is 4.79 Å². The van der Waals surface area contributed by atoms with E-state index in [-0.39, 0.29) is 23.1 Å². The molecule has 42 heavy (non-hydrogen) atoms. The van der Waals surface area contributed by atoms with Crippen molar-refractivity contribution >= 4 is 6.09 Å². The summed E-state index contributed by atoms with van der Waals surface area (Å²) in [5.41, 5.74) is -3.44. The molecule has 1 fully saturated rings. The Morgan fingerprint density at radius 1 is 0.810 bits per heavy atom. The highest BCUT2D eigenvalue weighted by Crippen LogP contribution is 2.42. The Morgan fingerprint density at radius 2 is 1.40 bits per heavy atom. The molecule has 13 heteroatoms. The smallest absolute Gasteiger partial charge is 0.416 e. The number of benzene rings is 3. The standard InChI is InChI=1S/C29H24F9NO3/c1-15(2)16-4-7-25(41-3)23(11-16)22-6-5-19(27(30,31)32)10-18(22)13-39-24(14-42-26(39)40)17-8-20(28(33,34)35)12-21(9-17)29(36,37)38/h4-12,15,24H,13-14H2,1-3H3/t24-/m0/s1. The summed E-state index contributed by atoms with van der Waals surface area (Å²) in [7, 11) is 1.36. The van der Waals surface area contributed by atoms with E-state index in [0.29, 0.717) is 23.4 Å². The van der Waals surface area contributed by atoms with Crippen LogP contribution < -0.4 is 4.74 Å². The molecule has 1 aliphatic heterocycles. The van der Waals surface area contributed by atoms with Gasteiger partial charge in [0, 0.05) is 5.56 Å². The topological polar surface area (TPSA) is 38.8 Å². The second-order valence-corrected chi connectivity index (χ2v) is 10.0. The van der Waals surface area contributed by atoms with Crippen molar-refractivity contribution in [3.05, 3.63) is 88.0 Å². The van der Waals surface area contributed by atoms with Crippen LogP contribution in [-0.4, -0.2) is 24.7 Å². The number of ether oxygens (including phenoxy) is 2. The largest absolute Gasteiger partial charge is 0.496 e. The highest BCUT2D eigenvalue weighted by molar-refractivity contribution is 5.76. The molecule has 0 aromatic heterocycles. The number of carbonyl (C=O) groups is 1. The maximum Gasteiger partial charge on any atom is 0.416 e. The molecule has 0 bridgehead atoms. The molecule has 3 aromatic carbocycles. The Hall–Kier alpha value is -3.90. The van der Waals surface area contributed by atoms with E-state index in [0.717, 1.165) is 22.6 Å². The number of hydrogen-bond donors (Lipinski definition) is 0. The van der Waals surface area contributed by atoms with E-state index < -0.39 is 66.1 Å². The lowest BCUT2D eigenvalue weighted by Gasteiger charge is -2.25. The van der Waals surface area contributed by atoms with Gasteiger partial charge in [0.2, 0.25) is 0 Å². The normalized spacial score (nSPS) is 16.3. The first-order valence-electron chi connectivity index (χ1n) is 12.5. The number of alkyl halides is 9. The Bertz CT molecular complexity index is 1440. The summed E-state index contributed by atoms with van der Waals surface area (Å²) in [4.78, 5) is 13.5. The summed E-state index contributed by atoms with van der Waals surface area (Å²) >= 11 is 0. The van der Waals surface area contributed by atoms with Crippen molar-refractivity contribution in [2.24, 2.45) is 0 Å². The molecule has 4 rings (SSSR count). The zero-order valence-electron chi connectivity index (χ0n) is 22.3. The van der Waals surface area contributed by atoms with E-state index >= 15 is 0 Å². The fourth-order valence-electron chi connectivity index (χ4n) is 4.71. The van der Waals surface area contributed by atoms with Crippen molar-refractivity contribution < 1.29 is 53.8 Å². The summed E-state index contributed by atoms with van der Waals surface area (Å²) in [6.07, 6.45) is -16.2. The lowest BCUT2D eigenvalue weighted by Crippen LogP contribution is -2.28. The molecule has 1 aliphatic rings. The van der Waals surface area contributed by atoms with Crippen LogP contribution in [0.5, 0.6) is 5.75 Å². The van der Waals surface area contributed by atoms with Crippen LogP contribution in [-0.2, 0) is 29.8 Å². The molecular weight excluding hydrogens is 581 g/mol. The third-order valence-electron chi connectivity index (χ3n) is 6.92. The van der Waals surface area contributed by atoms with Crippen LogP contribution in [0, 0.1) is 0 Å². The summed E-state index contributed by atoms with van der Waals surface area (Å²) in [6, 6.07) is 7.34. The van der Waals surface area contributed by atoms with Crippen LogP contribution >= 0.6 is 0 Å². The molecule has 0 saturated carbocycles. The molecule has 1 saturated heterocycles. The van der Waals surface area contributed by atoms with Crippen LogP contribution in [0.15, 0.2) is 54.6 Å². The fraction of sp³-hybridized carbons (Fsp3) is 0.345. The van der Waals surface area contributed by atoms with Gasteiger partial charge in [-0.15, -0.1) is 0 Å². The van der Waals surface area contributed by atoms with Gasteiger partial charge in [0.05, 0.1) is 36.4 Å². The third kappa shape index (κ3) is 6.44. The van der Waals surface area contributed by atoms with Gasteiger partial charge in [-0.2, -0.15) is 39.5 Å². The van der Waals surface area contributed by atoms with Gasteiger partial charge in [-0.3, -0.25) is 4.90 Å². The summed E-state index contributed by atoms with van der Waals surface area (Å²) < 4.78 is 133. The van der Waals surface area contributed by atoms with Crippen LogP contribution in [0.2, 0.25) is 0 Å². The molecule has 4 nitrogen and oxygen atoms in total.